The van der Waals surface area contributed by atoms with E-state index in [4.69, 9.17) is 0 Å². The van der Waals surface area contributed by atoms with Crippen LogP contribution in [0.15, 0.2) is 95.1 Å². The van der Waals surface area contributed by atoms with Gasteiger partial charge >= 0.3 is 0 Å². The second-order valence-electron chi connectivity index (χ2n) is 7.72. The fraction of sp³-hybridized carbons (Fsp3) is 0.160. The number of rotatable bonds is 6. The highest BCUT2D eigenvalue weighted by Gasteiger charge is 2.36. The zero-order valence-electron chi connectivity index (χ0n) is 17.4. The summed E-state index contributed by atoms with van der Waals surface area (Å²) in [7, 11) is 0. The fourth-order valence-corrected chi connectivity index (χ4v) is 4.13. The van der Waals surface area contributed by atoms with E-state index in [1.807, 2.05) is 78.2 Å². The largest absolute Gasteiger partial charge is 0.306 e. The molecule has 0 saturated carbocycles. The van der Waals surface area contributed by atoms with E-state index in [1.54, 1.807) is 36.2 Å². The monoisotopic (exact) mass is 429 g/mol. The predicted molar refractivity (Wildman–Crippen MR) is 125 cm³/mol. The maximum Gasteiger partial charge on any atom is 0.267 e. The van der Waals surface area contributed by atoms with Crippen LogP contribution in [-0.2, 0) is 16.9 Å². The molecule has 0 N–H and O–H groups in total. The van der Waals surface area contributed by atoms with Gasteiger partial charge in [-0.1, -0.05) is 54.6 Å². The molecule has 0 aliphatic heterocycles. The van der Waals surface area contributed by atoms with Crippen LogP contribution in [0.25, 0.3) is 10.6 Å². The molecule has 1 amide bonds. The van der Waals surface area contributed by atoms with Crippen molar-refractivity contribution in [1.29, 1.82) is 0 Å². The first-order valence-electron chi connectivity index (χ1n) is 10.0. The molecule has 0 atom stereocenters. The van der Waals surface area contributed by atoms with Crippen LogP contribution in [0.5, 0.6) is 0 Å². The minimum absolute atomic E-state index is 0.208. The lowest BCUT2D eigenvalue weighted by Crippen LogP contribution is -2.51. The summed E-state index contributed by atoms with van der Waals surface area (Å²) in [6, 6.07) is 26.4. The molecule has 0 aliphatic carbocycles. The molecule has 0 unspecified atom stereocenters. The standard InChI is InChI=1S/C25H23N3O2S/c1-25(2,28-23(29)16-15-21(26-28)22-14-9-17-31-22)24(30)27(20-12-7-4-8-13-20)18-19-10-5-3-6-11-19/h3-17H,18H2,1-2H3. The first-order valence-corrected chi connectivity index (χ1v) is 10.9. The number of para-hydroxylation sites is 1. The minimum Gasteiger partial charge on any atom is -0.306 e. The highest BCUT2D eigenvalue weighted by molar-refractivity contribution is 7.13. The Hall–Kier alpha value is -3.51. The van der Waals surface area contributed by atoms with E-state index in [0.29, 0.717) is 12.2 Å². The average molecular weight is 430 g/mol. The number of anilines is 1. The maximum atomic E-state index is 13.8. The summed E-state index contributed by atoms with van der Waals surface area (Å²) in [5.74, 6) is -0.208. The first kappa shape index (κ1) is 20.8. The van der Waals surface area contributed by atoms with Crippen LogP contribution in [0.1, 0.15) is 19.4 Å². The van der Waals surface area contributed by atoms with E-state index in [2.05, 4.69) is 5.10 Å². The molecule has 0 saturated heterocycles. The van der Waals surface area contributed by atoms with E-state index in [9.17, 15) is 9.59 Å². The number of carbonyl (C=O) groups is 1. The lowest BCUT2D eigenvalue weighted by Gasteiger charge is -2.32. The van der Waals surface area contributed by atoms with E-state index < -0.39 is 5.54 Å². The lowest BCUT2D eigenvalue weighted by atomic mass is 10.0. The van der Waals surface area contributed by atoms with Gasteiger partial charge < -0.3 is 4.90 Å². The third-order valence-corrected chi connectivity index (χ3v) is 6.02. The maximum absolute atomic E-state index is 13.8. The normalized spacial score (nSPS) is 11.3. The Balaban J connectivity index is 1.75. The Bertz CT molecular complexity index is 1220. The summed E-state index contributed by atoms with van der Waals surface area (Å²) in [5.41, 5.74) is 0.945. The van der Waals surface area contributed by atoms with Crippen LogP contribution >= 0.6 is 11.3 Å². The third kappa shape index (κ3) is 4.34. The molecule has 31 heavy (non-hydrogen) atoms. The molecule has 6 heteroatoms. The number of carbonyl (C=O) groups excluding carboxylic acids is 1. The zero-order valence-corrected chi connectivity index (χ0v) is 18.3. The summed E-state index contributed by atoms with van der Waals surface area (Å²) in [6.45, 7) is 3.87. The van der Waals surface area contributed by atoms with Gasteiger partial charge in [-0.15, -0.1) is 11.3 Å². The molecule has 2 heterocycles. The molecule has 0 radical (unpaired) electrons. The van der Waals surface area contributed by atoms with Gasteiger partial charge in [0.25, 0.3) is 11.5 Å². The SMILES string of the molecule is CC(C)(C(=O)N(Cc1ccccc1)c1ccccc1)n1nc(-c2cccs2)ccc1=O. The van der Waals surface area contributed by atoms with Gasteiger partial charge in [-0.2, -0.15) is 5.10 Å². The molecular formula is C25H23N3O2S. The molecule has 4 aromatic rings. The number of thiophene rings is 1. The Morgan fingerprint density at radius 3 is 2.26 bits per heavy atom. The van der Waals surface area contributed by atoms with Crippen molar-refractivity contribution in [2.75, 3.05) is 4.90 Å². The van der Waals surface area contributed by atoms with Crippen molar-refractivity contribution in [2.45, 2.75) is 25.9 Å². The van der Waals surface area contributed by atoms with Gasteiger partial charge in [0.2, 0.25) is 0 Å². The van der Waals surface area contributed by atoms with Crippen LogP contribution in [0, 0.1) is 0 Å². The fourth-order valence-electron chi connectivity index (χ4n) is 3.44. The zero-order chi connectivity index (χ0) is 21.8. The van der Waals surface area contributed by atoms with Crippen LogP contribution in [0.3, 0.4) is 0 Å². The van der Waals surface area contributed by atoms with Gasteiger partial charge in [0.15, 0.2) is 0 Å². The van der Waals surface area contributed by atoms with Crippen molar-refractivity contribution in [3.63, 3.8) is 0 Å². The van der Waals surface area contributed by atoms with E-state index in [-0.39, 0.29) is 11.5 Å². The number of amides is 1. The molecule has 5 nitrogen and oxygen atoms in total. The number of hydrogen-bond acceptors (Lipinski definition) is 4. The minimum atomic E-state index is -1.19. The van der Waals surface area contributed by atoms with Crippen LogP contribution < -0.4 is 10.5 Å². The summed E-state index contributed by atoms with van der Waals surface area (Å²) >= 11 is 1.54. The number of aromatic nitrogens is 2. The van der Waals surface area contributed by atoms with Gasteiger partial charge in [-0.3, -0.25) is 9.59 Å². The lowest BCUT2D eigenvalue weighted by molar-refractivity contribution is -0.126. The van der Waals surface area contributed by atoms with Crippen molar-refractivity contribution in [2.24, 2.45) is 0 Å². The van der Waals surface area contributed by atoms with Crippen molar-refractivity contribution < 1.29 is 4.79 Å². The van der Waals surface area contributed by atoms with Crippen molar-refractivity contribution in [3.8, 4) is 10.6 Å². The van der Waals surface area contributed by atoms with Crippen molar-refractivity contribution >= 4 is 22.9 Å². The molecular weight excluding hydrogens is 406 g/mol. The Labute approximate surface area is 185 Å². The predicted octanol–water partition coefficient (Wildman–Crippen LogP) is 4.94. The van der Waals surface area contributed by atoms with Crippen molar-refractivity contribution in [1.82, 2.24) is 9.78 Å². The van der Waals surface area contributed by atoms with Crippen LogP contribution in [0.2, 0.25) is 0 Å². The molecule has 0 bridgehead atoms. The Kier molecular flexibility index (Phi) is 5.82. The molecule has 2 aromatic carbocycles. The summed E-state index contributed by atoms with van der Waals surface area (Å²) in [4.78, 5) is 29.2. The number of nitrogens with zero attached hydrogens (tertiary/aromatic N) is 3. The quantitative estimate of drug-likeness (QED) is 0.436. The van der Waals surface area contributed by atoms with E-state index >= 15 is 0 Å². The summed E-state index contributed by atoms with van der Waals surface area (Å²) < 4.78 is 1.30. The summed E-state index contributed by atoms with van der Waals surface area (Å²) in [6.07, 6.45) is 0. The molecule has 156 valence electrons. The molecule has 4 rings (SSSR count). The van der Waals surface area contributed by atoms with Crippen LogP contribution in [-0.4, -0.2) is 15.7 Å². The number of hydrogen-bond donors (Lipinski definition) is 0. The second-order valence-corrected chi connectivity index (χ2v) is 8.67. The third-order valence-electron chi connectivity index (χ3n) is 5.12. The Morgan fingerprint density at radius 1 is 0.935 bits per heavy atom. The highest BCUT2D eigenvalue weighted by atomic mass is 32.1. The van der Waals surface area contributed by atoms with Gasteiger partial charge in [-0.05, 0) is 49.1 Å². The molecule has 0 fully saturated rings. The molecule has 0 aliphatic rings. The average Bonchev–Trinajstić information content (AvgIpc) is 3.33. The number of benzene rings is 2. The van der Waals surface area contributed by atoms with Gasteiger partial charge in [0.05, 0.1) is 11.4 Å². The first-order chi connectivity index (χ1) is 15.0. The van der Waals surface area contributed by atoms with Gasteiger partial charge in [-0.25, -0.2) is 4.68 Å². The van der Waals surface area contributed by atoms with E-state index in [1.165, 1.54) is 10.7 Å². The van der Waals surface area contributed by atoms with E-state index in [0.717, 1.165) is 16.1 Å². The second kappa shape index (κ2) is 8.70. The highest BCUT2D eigenvalue weighted by Crippen LogP contribution is 2.26. The van der Waals surface area contributed by atoms with Gasteiger partial charge in [0, 0.05) is 11.8 Å². The molecule has 2 aromatic heterocycles. The van der Waals surface area contributed by atoms with Gasteiger partial charge in [0.1, 0.15) is 11.2 Å². The van der Waals surface area contributed by atoms with Crippen LogP contribution in [0.4, 0.5) is 5.69 Å². The molecule has 0 spiro atoms. The topological polar surface area (TPSA) is 55.2 Å². The summed E-state index contributed by atoms with van der Waals surface area (Å²) in [5, 5.41) is 6.52. The smallest absolute Gasteiger partial charge is 0.267 e. The van der Waals surface area contributed by atoms with Crippen molar-refractivity contribution in [3.05, 3.63) is 106 Å². The Morgan fingerprint density at radius 2 is 1.61 bits per heavy atom.